The Labute approximate surface area is 90.0 Å². The van der Waals surface area contributed by atoms with Crippen molar-refractivity contribution in [1.82, 2.24) is 15.5 Å². The third-order valence-corrected chi connectivity index (χ3v) is 1.64. The average Bonchev–Trinajstić information content (AvgIpc) is 2.61. The summed E-state index contributed by atoms with van der Waals surface area (Å²) in [5.74, 6) is 0.556. The highest BCUT2D eigenvalue weighted by molar-refractivity contribution is 4.86. The summed E-state index contributed by atoms with van der Waals surface area (Å²) in [5, 5.41) is 5.74. The molecule has 0 saturated heterocycles. The van der Waals surface area contributed by atoms with E-state index in [2.05, 4.69) is 15.5 Å². The van der Waals surface area contributed by atoms with Crippen molar-refractivity contribution < 1.29 is 22.4 Å². The van der Waals surface area contributed by atoms with Gasteiger partial charge in [0.25, 0.3) is 0 Å². The van der Waals surface area contributed by atoms with Crippen LogP contribution in [-0.2, 0) is 17.7 Å². The van der Waals surface area contributed by atoms with E-state index < -0.39 is 12.7 Å². The third-order valence-electron chi connectivity index (χ3n) is 1.64. The lowest BCUT2D eigenvalue weighted by molar-refractivity contribution is -0.125. The van der Waals surface area contributed by atoms with Crippen LogP contribution in [0.15, 0.2) is 4.52 Å². The minimum absolute atomic E-state index is 0.0977. The number of ether oxygens (including phenoxy) is 1. The quantitative estimate of drug-likeness (QED) is 0.799. The van der Waals surface area contributed by atoms with Crippen molar-refractivity contribution in [3.8, 4) is 0 Å². The second-order valence-corrected chi connectivity index (χ2v) is 3.07. The second-order valence-electron chi connectivity index (χ2n) is 3.07. The Morgan fingerprint density at radius 2 is 2.19 bits per heavy atom. The average molecular weight is 239 g/mol. The van der Waals surface area contributed by atoms with Crippen molar-refractivity contribution in [3.05, 3.63) is 11.7 Å². The zero-order chi connectivity index (χ0) is 12.0. The van der Waals surface area contributed by atoms with Crippen LogP contribution in [0, 0.1) is 0 Å². The summed E-state index contributed by atoms with van der Waals surface area (Å²) in [6.07, 6.45) is -3.77. The molecule has 1 N–H and O–H groups in total. The molecule has 0 saturated carbocycles. The summed E-state index contributed by atoms with van der Waals surface area (Å²) < 4.78 is 44.9. The maximum Gasteiger partial charge on any atom is 0.401 e. The van der Waals surface area contributed by atoms with Gasteiger partial charge >= 0.3 is 6.18 Å². The first-order chi connectivity index (χ1) is 7.51. The lowest BCUT2D eigenvalue weighted by Crippen LogP contribution is -2.28. The molecule has 0 spiro atoms. The molecule has 0 bridgehead atoms. The van der Waals surface area contributed by atoms with E-state index in [1.54, 1.807) is 0 Å². The molecule has 0 aliphatic heterocycles. The Kier molecular flexibility index (Phi) is 4.69. The predicted octanol–water partition coefficient (Wildman–Crippen LogP) is 0.910. The number of alkyl halides is 3. The first-order valence-corrected chi connectivity index (χ1v) is 4.59. The van der Waals surface area contributed by atoms with Gasteiger partial charge in [-0.05, 0) is 0 Å². The summed E-state index contributed by atoms with van der Waals surface area (Å²) in [5.41, 5.74) is 0. The fourth-order valence-corrected chi connectivity index (χ4v) is 0.968. The molecule has 5 nitrogen and oxygen atoms in total. The van der Waals surface area contributed by atoms with E-state index in [4.69, 9.17) is 9.26 Å². The van der Waals surface area contributed by atoms with Gasteiger partial charge in [0.2, 0.25) is 5.89 Å². The van der Waals surface area contributed by atoms with Crippen LogP contribution in [0.1, 0.15) is 11.7 Å². The Bertz CT molecular complexity index is 314. The highest BCUT2D eigenvalue weighted by atomic mass is 19.4. The maximum atomic E-state index is 11.8. The van der Waals surface area contributed by atoms with Gasteiger partial charge in [-0.3, -0.25) is 0 Å². The second kappa shape index (κ2) is 5.80. The van der Waals surface area contributed by atoms with Crippen molar-refractivity contribution in [2.75, 3.05) is 20.3 Å². The molecule has 0 unspecified atom stereocenters. The first-order valence-electron chi connectivity index (χ1n) is 4.59. The van der Waals surface area contributed by atoms with E-state index in [9.17, 15) is 13.2 Å². The summed E-state index contributed by atoms with van der Waals surface area (Å²) in [6.45, 7) is -0.739. The van der Waals surface area contributed by atoms with Gasteiger partial charge in [-0.1, -0.05) is 5.16 Å². The Morgan fingerprint density at radius 3 is 2.81 bits per heavy atom. The van der Waals surface area contributed by atoms with Gasteiger partial charge in [0.05, 0.1) is 19.7 Å². The maximum absolute atomic E-state index is 11.8. The summed E-state index contributed by atoms with van der Waals surface area (Å²) >= 11 is 0. The van der Waals surface area contributed by atoms with Crippen LogP contribution in [0.2, 0.25) is 0 Å². The number of aromatic nitrogens is 2. The molecule has 92 valence electrons. The molecule has 16 heavy (non-hydrogen) atoms. The van der Waals surface area contributed by atoms with Crippen LogP contribution in [0.25, 0.3) is 0 Å². The zero-order valence-corrected chi connectivity index (χ0v) is 8.67. The molecule has 1 rings (SSSR count). The van der Waals surface area contributed by atoms with Gasteiger partial charge in [-0.25, -0.2) is 0 Å². The number of hydrogen-bond donors (Lipinski definition) is 1. The van der Waals surface area contributed by atoms with Gasteiger partial charge in [-0.2, -0.15) is 18.2 Å². The molecule has 8 heteroatoms. The lowest BCUT2D eigenvalue weighted by Gasteiger charge is -2.05. The summed E-state index contributed by atoms with van der Waals surface area (Å²) in [6, 6.07) is 0. The van der Waals surface area contributed by atoms with E-state index in [0.717, 1.165) is 0 Å². The SMILES string of the molecule is COCCc1noc(CNCC(F)(F)F)n1. The van der Waals surface area contributed by atoms with Crippen LogP contribution < -0.4 is 5.32 Å². The number of nitrogens with zero attached hydrogens (tertiary/aromatic N) is 2. The fourth-order valence-electron chi connectivity index (χ4n) is 0.968. The van der Waals surface area contributed by atoms with E-state index >= 15 is 0 Å². The molecule has 0 radical (unpaired) electrons. The molecule has 0 aromatic carbocycles. The van der Waals surface area contributed by atoms with Crippen LogP contribution in [0.3, 0.4) is 0 Å². The first kappa shape index (κ1) is 12.9. The monoisotopic (exact) mass is 239 g/mol. The number of hydrogen-bond acceptors (Lipinski definition) is 5. The van der Waals surface area contributed by atoms with Gasteiger partial charge in [-0.15, -0.1) is 0 Å². The Morgan fingerprint density at radius 1 is 1.44 bits per heavy atom. The lowest BCUT2D eigenvalue weighted by atomic mass is 10.4. The molecule has 0 aliphatic rings. The van der Waals surface area contributed by atoms with Gasteiger partial charge < -0.3 is 14.6 Å². The van der Waals surface area contributed by atoms with Crippen molar-refractivity contribution >= 4 is 0 Å². The minimum atomic E-state index is -4.24. The number of rotatable bonds is 6. The topological polar surface area (TPSA) is 60.2 Å². The van der Waals surface area contributed by atoms with Crippen molar-refractivity contribution in [2.24, 2.45) is 0 Å². The van der Waals surface area contributed by atoms with Crippen molar-refractivity contribution in [1.29, 1.82) is 0 Å². The van der Waals surface area contributed by atoms with Gasteiger partial charge in [0, 0.05) is 13.5 Å². The normalized spacial score (nSPS) is 12.0. The smallest absolute Gasteiger partial charge is 0.384 e. The van der Waals surface area contributed by atoms with Gasteiger partial charge in [0.1, 0.15) is 0 Å². The summed E-state index contributed by atoms with van der Waals surface area (Å²) in [4.78, 5) is 3.88. The largest absolute Gasteiger partial charge is 0.401 e. The molecule has 0 atom stereocenters. The summed E-state index contributed by atoms with van der Waals surface area (Å²) in [7, 11) is 1.53. The number of nitrogens with one attached hydrogen (secondary N) is 1. The van der Waals surface area contributed by atoms with E-state index in [0.29, 0.717) is 18.9 Å². The molecule has 1 aromatic rings. The molecule has 1 heterocycles. The predicted molar refractivity (Wildman–Crippen MR) is 47.6 cm³/mol. The standard InChI is InChI=1S/C8H12F3N3O2/c1-15-3-2-6-13-7(16-14-6)4-12-5-8(9,10)11/h12H,2-5H2,1H3. The van der Waals surface area contributed by atoms with E-state index in [1.807, 2.05) is 0 Å². The van der Waals surface area contributed by atoms with E-state index in [-0.39, 0.29) is 12.4 Å². The zero-order valence-electron chi connectivity index (χ0n) is 8.67. The van der Waals surface area contributed by atoms with Crippen LogP contribution in [0.4, 0.5) is 13.2 Å². The molecule has 1 aromatic heterocycles. The Balaban J connectivity index is 2.29. The Hall–Kier alpha value is -1.15. The molecular formula is C8H12F3N3O2. The van der Waals surface area contributed by atoms with Crippen LogP contribution in [0.5, 0.6) is 0 Å². The molecule has 0 fully saturated rings. The van der Waals surface area contributed by atoms with Crippen molar-refractivity contribution in [3.63, 3.8) is 0 Å². The molecule has 0 amide bonds. The highest BCUT2D eigenvalue weighted by Crippen LogP contribution is 2.12. The fraction of sp³-hybridized carbons (Fsp3) is 0.750. The van der Waals surface area contributed by atoms with E-state index in [1.165, 1.54) is 7.11 Å². The highest BCUT2D eigenvalue weighted by Gasteiger charge is 2.26. The number of halogens is 3. The minimum Gasteiger partial charge on any atom is -0.384 e. The van der Waals surface area contributed by atoms with Crippen molar-refractivity contribution in [2.45, 2.75) is 19.1 Å². The third kappa shape index (κ3) is 5.08. The molecule has 0 aliphatic carbocycles. The van der Waals surface area contributed by atoms with Gasteiger partial charge in [0.15, 0.2) is 5.82 Å². The van der Waals surface area contributed by atoms with Crippen LogP contribution in [-0.4, -0.2) is 36.6 Å². The molecular weight excluding hydrogens is 227 g/mol. The van der Waals surface area contributed by atoms with Crippen LogP contribution >= 0.6 is 0 Å². The number of methoxy groups -OCH3 is 1.